The van der Waals surface area contributed by atoms with Crippen LogP contribution in [0, 0.1) is 0 Å². The molecule has 2 fully saturated rings. The van der Waals surface area contributed by atoms with Crippen molar-refractivity contribution in [2.75, 3.05) is 13.1 Å². The van der Waals surface area contributed by atoms with Crippen molar-refractivity contribution in [2.24, 2.45) is 0 Å². The number of oxazole rings is 1. The molecule has 0 saturated carbocycles. The number of nitrogens with zero attached hydrogens (tertiary/aromatic N) is 5. The number of pyridine rings is 2. The SMILES string of the molecule is O=C(c1ccnc2[nH]ccc12)N1CCC2CCC(C1)N2C(=O)c1coc(-c2cccnc2)n1. The first kappa shape index (κ1) is 19.7. The number of amides is 2. The molecule has 0 radical (unpaired) electrons. The van der Waals surface area contributed by atoms with Gasteiger partial charge in [-0.2, -0.15) is 0 Å². The second kappa shape index (κ2) is 7.84. The van der Waals surface area contributed by atoms with Crippen LogP contribution < -0.4 is 0 Å². The van der Waals surface area contributed by atoms with E-state index in [-0.39, 0.29) is 29.6 Å². The number of hydrogen-bond acceptors (Lipinski definition) is 6. The maximum Gasteiger partial charge on any atom is 0.276 e. The minimum atomic E-state index is -0.146. The van der Waals surface area contributed by atoms with Gasteiger partial charge in [0.05, 0.1) is 17.2 Å². The third kappa shape index (κ3) is 3.36. The number of nitrogens with one attached hydrogen (secondary N) is 1. The lowest BCUT2D eigenvalue weighted by Crippen LogP contribution is -2.44. The first-order valence-electron chi connectivity index (χ1n) is 11.1. The summed E-state index contributed by atoms with van der Waals surface area (Å²) in [6.07, 6.45) is 10.7. The van der Waals surface area contributed by atoms with Crippen LogP contribution in [0.1, 0.15) is 40.1 Å². The van der Waals surface area contributed by atoms with E-state index in [9.17, 15) is 9.59 Å². The Bertz CT molecular complexity index is 1330. The van der Waals surface area contributed by atoms with E-state index >= 15 is 0 Å². The molecule has 0 aliphatic carbocycles. The lowest BCUT2D eigenvalue weighted by molar-refractivity contribution is 0.0636. The van der Waals surface area contributed by atoms with E-state index in [1.54, 1.807) is 36.9 Å². The van der Waals surface area contributed by atoms with Gasteiger partial charge in [-0.1, -0.05) is 0 Å². The zero-order valence-corrected chi connectivity index (χ0v) is 17.8. The average Bonchev–Trinajstić information content (AvgIpc) is 3.57. The Hall–Kier alpha value is -4.01. The molecule has 4 aromatic heterocycles. The van der Waals surface area contributed by atoms with Crippen LogP contribution in [0.25, 0.3) is 22.5 Å². The Labute approximate surface area is 189 Å². The number of aromatic nitrogens is 4. The number of likely N-dealkylation sites (tertiary alicyclic amines) is 1. The third-order valence-corrected chi connectivity index (χ3v) is 6.63. The van der Waals surface area contributed by atoms with Crippen molar-refractivity contribution in [3.8, 4) is 11.5 Å². The Balaban J connectivity index is 1.24. The van der Waals surface area contributed by atoms with E-state index in [1.165, 1.54) is 6.26 Å². The molecule has 2 atom stereocenters. The quantitative estimate of drug-likeness (QED) is 0.522. The van der Waals surface area contributed by atoms with Crippen LogP contribution in [-0.2, 0) is 0 Å². The number of fused-ring (bicyclic) bond motifs is 3. The Morgan fingerprint density at radius 3 is 2.85 bits per heavy atom. The molecular weight excluding hydrogens is 420 g/mol. The van der Waals surface area contributed by atoms with E-state index in [2.05, 4.69) is 19.9 Å². The van der Waals surface area contributed by atoms with Crippen molar-refractivity contribution >= 4 is 22.8 Å². The fourth-order valence-corrected chi connectivity index (χ4v) is 5.03. The molecule has 2 amide bonds. The largest absolute Gasteiger partial charge is 0.444 e. The van der Waals surface area contributed by atoms with Gasteiger partial charge in [0.25, 0.3) is 11.8 Å². The Morgan fingerprint density at radius 1 is 1.06 bits per heavy atom. The second-order valence-electron chi connectivity index (χ2n) is 8.52. The highest BCUT2D eigenvalue weighted by Gasteiger charge is 2.42. The molecule has 166 valence electrons. The normalized spacial score (nSPS) is 20.2. The van der Waals surface area contributed by atoms with Gasteiger partial charge in [0.1, 0.15) is 11.9 Å². The zero-order chi connectivity index (χ0) is 22.4. The van der Waals surface area contributed by atoms with Crippen LogP contribution in [0.15, 0.2) is 59.7 Å². The lowest BCUT2D eigenvalue weighted by Gasteiger charge is -2.28. The van der Waals surface area contributed by atoms with Crippen molar-refractivity contribution in [1.29, 1.82) is 0 Å². The molecule has 0 aromatic carbocycles. The maximum absolute atomic E-state index is 13.4. The van der Waals surface area contributed by atoms with Gasteiger partial charge in [-0.3, -0.25) is 14.6 Å². The summed E-state index contributed by atoms with van der Waals surface area (Å²) in [5.41, 5.74) is 2.34. The maximum atomic E-state index is 13.4. The van der Waals surface area contributed by atoms with Crippen molar-refractivity contribution in [2.45, 2.75) is 31.3 Å². The molecule has 6 rings (SSSR count). The summed E-state index contributed by atoms with van der Waals surface area (Å²) in [6, 6.07) is 7.32. The van der Waals surface area contributed by atoms with Crippen molar-refractivity contribution in [1.82, 2.24) is 29.7 Å². The summed E-state index contributed by atoms with van der Waals surface area (Å²) in [5, 5.41) is 0.815. The molecule has 9 heteroatoms. The van der Waals surface area contributed by atoms with E-state index in [0.717, 1.165) is 30.2 Å². The fourth-order valence-electron chi connectivity index (χ4n) is 5.03. The molecular formula is C24H22N6O3. The van der Waals surface area contributed by atoms with Crippen LogP contribution in [0.3, 0.4) is 0 Å². The molecule has 6 heterocycles. The lowest BCUT2D eigenvalue weighted by atomic mass is 10.1. The van der Waals surface area contributed by atoms with E-state index in [1.807, 2.05) is 21.9 Å². The van der Waals surface area contributed by atoms with E-state index < -0.39 is 0 Å². The number of rotatable bonds is 3. The van der Waals surface area contributed by atoms with E-state index in [4.69, 9.17) is 4.42 Å². The number of carbonyl (C=O) groups excluding carboxylic acids is 2. The van der Waals surface area contributed by atoms with Crippen molar-refractivity contribution in [3.05, 3.63) is 66.6 Å². The highest BCUT2D eigenvalue weighted by atomic mass is 16.3. The van der Waals surface area contributed by atoms with Gasteiger partial charge < -0.3 is 19.2 Å². The molecule has 2 aliphatic heterocycles. The monoisotopic (exact) mass is 442 g/mol. The van der Waals surface area contributed by atoms with Crippen LogP contribution in [0.4, 0.5) is 0 Å². The highest BCUT2D eigenvalue weighted by molar-refractivity contribution is 6.05. The minimum Gasteiger partial charge on any atom is -0.444 e. The molecule has 2 bridgehead atoms. The summed E-state index contributed by atoms with van der Waals surface area (Å²) in [7, 11) is 0. The summed E-state index contributed by atoms with van der Waals surface area (Å²) < 4.78 is 5.56. The van der Waals surface area contributed by atoms with E-state index in [0.29, 0.717) is 30.2 Å². The van der Waals surface area contributed by atoms with Gasteiger partial charge in [0, 0.05) is 49.3 Å². The number of aromatic amines is 1. The molecule has 2 saturated heterocycles. The molecule has 2 aliphatic rings. The Kier molecular flexibility index (Phi) is 4.67. The van der Waals surface area contributed by atoms with Crippen molar-refractivity contribution < 1.29 is 14.0 Å². The van der Waals surface area contributed by atoms with Gasteiger partial charge in [0.2, 0.25) is 5.89 Å². The Morgan fingerprint density at radius 2 is 1.97 bits per heavy atom. The third-order valence-electron chi connectivity index (χ3n) is 6.63. The molecule has 33 heavy (non-hydrogen) atoms. The average molecular weight is 442 g/mol. The predicted molar refractivity (Wildman–Crippen MR) is 119 cm³/mol. The fraction of sp³-hybridized carbons (Fsp3) is 0.292. The van der Waals surface area contributed by atoms with Crippen LogP contribution in [0.2, 0.25) is 0 Å². The highest BCUT2D eigenvalue weighted by Crippen LogP contribution is 2.33. The van der Waals surface area contributed by atoms with Gasteiger partial charge in [-0.15, -0.1) is 0 Å². The van der Waals surface area contributed by atoms with Gasteiger partial charge in [0.15, 0.2) is 5.69 Å². The van der Waals surface area contributed by atoms with Crippen LogP contribution >= 0.6 is 0 Å². The number of H-pyrrole nitrogens is 1. The molecule has 2 unspecified atom stereocenters. The summed E-state index contributed by atoms with van der Waals surface area (Å²) in [6.45, 7) is 1.11. The summed E-state index contributed by atoms with van der Waals surface area (Å²) in [4.78, 5) is 46.4. The summed E-state index contributed by atoms with van der Waals surface area (Å²) >= 11 is 0. The number of carbonyl (C=O) groups is 2. The smallest absolute Gasteiger partial charge is 0.276 e. The predicted octanol–water partition coefficient (Wildman–Crippen LogP) is 3.13. The molecule has 4 aromatic rings. The number of hydrogen-bond donors (Lipinski definition) is 1. The van der Waals surface area contributed by atoms with Crippen LogP contribution in [-0.4, -0.2) is 66.7 Å². The standard InChI is InChI=1S/C24H22N6O3/c31-23(19-6-10-27-21-18(19)5-9-26-21)29-11-7-16-3-4-17(13-29)30(16)24(32)20-14-33-22(28-20)15-2-1-8-25-12-15/h1-2,5-6,8-10,12,14,16-17H,3-4,7,11,13H2,(H,26,27). The van der Waals surface area contributed by atoms with Gasteiger partial charge in [-0.05, 0) is 43.5 Å². The first-order valence-corrected chi connectivity index (χ1v) is 11.1. The molecule has 9 nitrogen and oxygen atoms in total. The summed E-state index contributed by atoms with van der Waals surface area (Å²) in [5.74, 6) is 0.202. The zero-order valence-electron chi connectivity index (χ0n) is 17.8. The van der Waals surface area contributed by atoms with Gasteiger partial charge >= 0.3 is 0 Å². The second-order valence-corrected chi connectivity index (χ2v) is 8.52. The molecule has 1 N–H and O–H groups in total. The molecule has 0 spiro atoms. The topological polar surface area (TPSA) is 108 Å². The van der Waals surface area contributed by atoms with Crippen molar-refractivity contribution in [3.63, 3.8) is 0 Å². The first-order chi connectivity index (χ1) is 16.2. The minimum absolute atomic E-state index is 0.0257. The van der Waals surface area contributed by atoms with Gasteiger partial charge in [-0.25, -0.2) is 9.97 Å². The van der Waals surface area contributed by atoms with Crippen LogP contribution in [0.5, 0.6) is 0 Å².